The van der Waals surface area contributed by atoms with Gasteiger partial charge in [0.15, 0.2) is 0 Å². The fraction of sp³-hybridized carbons (Fsp3) is 0.375. The Labute approximate surface area is 263 Å². The van der Waals surface area contributed by atoms with E-state index >= 15 is 0 Å². The number of nitrogens with zero attached hydrogens (tertiary/aromatic N) is 2. The van der Waals surface area contributed by atoms with Crippen LogP contribution in [0.4, 0.5) is 16.2 Å². The Morgan fingerprint density at radius 3 is 2.20 bits per heavy atom. The molecule has 0 spiro atoms. The van der Waals surface area contributed by atoms with Crippen LogP contribution in [0.3, 0.4) is 0 Å². The zero-order chi connectivity index (χ0) is 32.7. The molecule has 3 N–H and O–H groups in total. The molecular formula is C32H40N4O8S. The number of fused-ring (bicyclic) bond motifs is 1. The van der Waals surface area contributed by atoms with Gasteiger partial charge in [0.1, 0.15) is 23.4 Å². The first-order valence-electron chi connectivity index (χ1n) is 14.5. The minimum Gasteiger partial charge on any atom is -0.497 e. The van der Waals surface area contributed by atoms with E-state index in [1.54, 1.807) is 73.5 Å². The lowest BCUT2D eigenvalue weighted by Gasteiger charge is -2.33. The molecule has 0 saturated carbocycles. The van der Waals surface area contributed by atoms with Crippen molar-refractivity contribution >= 4 is 33.3 Å². The predicted molar refractivity (Wildman–Crippen MR) is 170 cm³/mol. The van der Waals surface area contributed by atoms with E-state index in [4.69, 9.17) is 14.2 Å². The summed E-state index contributed by atoms with van der Waals surface area (Å²) >= 11 is 0. The molecule has 3 aromatic carbocycles. The summed E-state index contributed by atoms with van der Waals surface area (Å²) in [4.78, 5) is 27.9. The second-order valence-corrected chi connectivity index (χ2v) is 13.0. The largest absolute Gasteiger partial charge is 0.497 e. The smallest absolute Gasteiger partial charge is 0.323 e. The highest BCUT2D eigenvalue weighted by Gasteiger charge is 2.33. The van der Waals surface area contributed by atoms with Gasteiger partial charge >= 0.3 is 6.03 Å². The minimum atomic E-state index is -3.87. The van der Waals surface area contributed by atoms with Crippen LogP contribution in [0.1, 0.15) is 19.4 Å². The van der Waals surface area contributed by atoms with Crippen molar-refractivity contribution in [3.8, 4) is 17.2 Å². The standard InChI is InChI=1S/C32H40N4O8S/c1-21-18-36(22(2)20-37)31(38)17-23-16-25(34-32(39)33-24-6-9-26(42-4)10-7-24)8-15-29(23)44-30(21)19-35(3)45(40,41)28-13-11-27(43-5)12-14-28/h6-16,21-22,30,37H,17-20H2,1-5H3,(H2,33,34,39)/t21-,22+,30-/m0/s1. The first-order chi connectivity index (χ1) is 21.4. The van der Waals surface area contributed by atoms with Gasteiger partial charge in [-0.1, -0.05) is 6.92 Å². The molecule has 13 heteroatoms. The van der Waals surface area contributed by atoms with E-state index in [9.17, 15) is 23.1 Å². The number of urea groups is 1. The van der Waals surface area contributed by atoms with Crippen LogP contribution in [-0.4, -0.2) is 87.8 Å². The molecule has 1 aliphatic heterocycles. The Balaban J connectivity index is 1.59. The first kappa shape index (κ1) is 33.6. The van der Waals surface area contributed by atoms with Crippen molar-refractivity contribution in [2.75, 3.05) is 51.6 Å². The van der Waals surface area contributed by atoms with Gasteiger partial charge in [-0.2, -0.15) is 4.31 Å². The number of hydrogen-bond acceptors (Lipinski definition) is 8. The van der Waals surface area contributed by atoms with Crippen molar-refractivity contribution in [1.29, 1.82) is 0 Å². The number of benzene rings is 3. The van der Waals surface area contributed by atoms with Crippen LogP contribution in [0.15, 0.2) is 71.6 Å². The Morgan fingerprint density at radius 2 is 1.60 bits per heavy atom. The number of amides is 3. The number of methoxy groups -OCH3 is 2. The molecule has 0 aromatic heterocycles. The number of anilines is 2. The number of rotatable bonds is 10. The molecule has 1 aliphatic rings. The monoisotopic (exact) mass is 640 g/mol. The van der Waals surface area contributed by atoms with Gasteiger partial charge in [-0.05, 0) is 73.7 Å². The van der Waals surface area contributed by atoms with Gasteiger partial charge in [-0.25, -0.2) is 13.2 Å². The summed E-state index contributed by atoms with van der Waals surface area (Å²) in [5, 5.41) is 15.4. The maximum atomic E-state index is 13.5. The van der Waals surface area contributed by atoms with Gasteiger partial charge < -0.3 is 34.9 Å². The third-order valence-corrected chi connectivity index (χ3v) is 9.56. The van der Waals surface area contributed by atoms with Gasteiger partial charge in [-0.15, -0.1) is 0 Å². The van der Waals surface area contributed by atoms with Gasteiger partial charge in [0.25, 0.3) is 0 Å². The quantitative estimate of drug-likeness (QED) is 0.303. The van der Waals surface area contributed by atoms with Crippen LogP contribution in [0.5, 0.6) is 17.2 Å². The molecule has 0 bridgehead atoms. The van der Waals surface area contributed by atoms with E-state index in [0.29, 0.717) is 34.2 Å². The zero-order valence-electron chi connectivity index (χ0n) is 26.0. The molecule has 45 heavy (non-hydrogen) atoms. The summed E-state index contributed by atoms with van der Waals surface area (Å²) in [5.74, 6) is 1.06. The van der Waals surface area contributed by atoms with E-state index in [1.807, 2.05) is 6.92 Å². The molecule has 0 fully saturated rings. The molecule has 3 amide bonds. The summed E-state index contributed by atoms with van der Waals surface area (Å²) in [6.07, 6.45) is -0.701. The Kier molecular flexibility index (Phi) is 10.9. The number of aliphatic hydroxyl groups is 1. The number of aliphatic hydroxyl groups excluding tert-OH is 1. The van der Waals surface area contributed by atoms with Crippen molar-refractivity contribution in [3.05, 3.63) is 72.3 Å². The van der Waals surface area contributed by atoms with Crippen LogP contribution in [0.25, 0.3) is 0 Å². The molecule has 0 radical (unpaired) electrons. The summed E-state index contributed by atoms with van der Waals surface area (Å²) in [7, 11) is 0.671. The van der Waals surface area contributed by atoms with Crippen LogP contribution in [0.2, 0.25) is 0 Å². The lowest BCUT2D eigenvalue weighted by Crippen LogP contribution is -2.48. The first-order valence-corrected chi connectivity index (χ1v) is 15.9. The normalized spacial score (nSPS) is 17.7. The van der Waals surface area contributed by atoms with Crippen LogP contribution < -0.4 is 24.8 Å². The van der Waals surface area contributed by atoms with Gasteiger partial charge in [0, 0.05) is 36.4 Å². The average molecular weight is 641 g/mol. The van der Waals surface area contributed by atoms with Crippen molar-refractivity contribution in [3.63, 3.8) is 0 Å². The average Bonchev–Trinajstić information content (AvgIpc) is 3.08. The van der Waals surface area contributed by atoms with E-state index in [0.717, 1.165) is 0 Å². The third kappa shape index (κ3) is 8.24. The summed E-state index contributed by atoms with van der Waals surface area (Å²) < 4.78 is 44.9. The Morgan fingerprint density at radius 1 is 1.02 bits per heavy atom. The zero-order valence-corrected chi connectivity index (χ0v) is 26.8. The minimum absolute atomic E-state index is 0.00518. The maximum Gasteiger partial charge on any atom is 0.323 e. The Bertz CT molecular complexity index is 1580. The van der Waals surface area contributed by atoms with Crippen LogP contribution in [0, 0.1) is 5.92 Å². The molecule has 1 heterocycles. The number of sulfonamides is 1. The number of hydrogen-bond donors (Lipinski definition) is 3. The number of ether oxygens (including phenoxy) is 3. The molecule has 242 valence electrons. The maximum absolute atomic E-state index is 13.5. The predicted octanol–water partition coefficient (Wildman–Crippen LogP) is 3.82. The van der Waals surface area contributed by atoms with Gasteiger partial charge in [0.05, 0.1) is 44.7 Å². The third-order valence-electron chi connectivity index (χ3n) is 7.73. The summed E-state index contributed by atoms with van der Waals surface area (Å²) in [6, 6.07) is 17.0. The van der Waals surface area contributed by atoms with Crippen molar-refractivity contribution in [2.45, 2.75) is 37.3 Å². The number of nitrogens with one attached hydrogen (secondary N) is 2. The highest BCUT2D eigenvalue weighted by molar-refractivity contribution is 7.89. The molecule has 3 aromatic rings. The van der Waals surface area contributed by atoms with Crippen LogP contribution >= 0.6 is 0 Å². The lowest BCUT2D eigenvalue weighted by molar-refractivity contribution is -0.134. The molecule has 0 unspecified atom stereocenters. The SMILES string of the molecule is COc1ccc(NC(=O)Nc2ccc3c(c2)CC(=O)N([C@H](C)CO)C[C@H](C)[C@H](CN(C)S(=O)(=O)c2ccc(OC)cc2)O3)cc1. The van der Waals surface area contributed by atoms with Gasteiger partial charge in [0.2, 0.25) is 15.9 Å². The molecule has 0 aliphatic carbocycles. The highest BCUT2D eigenvalue weighted by Crippen LogP contribution is 2.30. The number of carbonyl (C=O) groups excluding carboxylic acids is 2. The van der Waals surface area contributed by atoms with Gasteiger partial charge in [-0.3, -0.25) is 4.79 Å². The molecule has 3 atom stereocenters. The summed E-state index contributed by atoms with van der Waals surface area (Å²) in [5.41, 5.74) is 1.51. The highest BCUT2D eigenvalue weighted by atomic mass is 32.2. The van der Waals surface area contributed by atoms with Crippen molar-refractivity contribution in [1.82, 2.24) is 9.21 Å². The second-order valence-electron chi connectivity index (χ2n) is 11.0. The number of carbonyl (C=O) groups is 2. The van der Waals surface area contributed by atoms with E-state index in [2.05, 4.69) is 10.6 Å². The molecule has 0 saturated heterocycles. The van der Waals surface area contributed by atoms with Crippen molar-refractivity contribution in [2.24, 2.45) is 5.92 Å². The van der Waals surface area contributed by atoms with E-state index < -0.39 is 28.2 Å². The molecular weight excluding hydrogens is 600 g/mol. The number of likely N-dealkylation sites (N-methyl/N-ethyl adjacent to an activating group) is 1. The summed E-state index contributed by atoms with van der Waals surface area (Å²) in [6.45, 7) is 3.63. The fourth-order valence-electron chi connectivity index (χ4n) is 4.97. The topological polar surface area (TPSA) is 147 Å². The second kappa shape index (κ2) is 14.6. The van der Waals surface area contributed by atoms with E-state index in [-0.39, 0.29) is 42.8 Å². The molecule has 12 nitrogen and oxygen atoms in total. The Hall–Kier alpha value is -4.33. The van der Waals surface area contributed by atoms with Crippen molar-refractivity contribution < 1.29 is 37.3 Å². The van der Waals surface area contributed by atoms with E-state index in [1.165, 1.54) is 30.6 Å². The lowest BCUT2D eigenvalue weighted by atomic mass is 10.0. The van der Waals surface area contributed by atoms with Crippen LogP contribution in [-0.2, 0) is 21.2 Å². The molecule has 4 rings (SSSR count). The fourth-order valence-corrected chi connectivity index (χ4v) is 6.16.